The Morgan fingerprint density at radius 1 is 1.06 bits per heavy atom. The van der Waals surface area contributed by atoms with Crippen LogP contribution in [-0.2, 0) is 6.61 Å². The fourth-order valence-corrected chi connectivity index (χ4v) is 1.81. The quantitative estimate of drug-likeness (QED) is 0.712. The standard InChI is InChI=1S/C13H10O3/c14-6-10-5-9(7-15-10)12-8-16-13-4-2-1-3-11(12)13/h1-5,7-8,14H,6H2. The minimum absolute atomic E-state index is 0.0875. The smallest absolute Gasteiger partial charge is 0.134 e. The summed E-state index contributed by atoms with van der Waals surface area (Å²) in [5.74, 6) is 0.556. The number of hydrogen-bond donors (Lipinski definition) is 1. The molecule has 0 spiro atoms. The molecule has 0 fully saturated rings. The van der Waals surface area contributed by atoms with Crippen LogP contribution in [0.5, 0.6) is 0 Å². The van der Waals surface area contributed by atoms with Crippen LogP contribution in [0.25, 0.3) is 22.1 Å². The van der Waals surface area contributed by atoms with Crippen molar-refractivity contribution in [3.05, 3.63) is 48.6 Å². The summed E-state index contributed by atoms with van der Waals surface area (Å²) < 4.78 is 10.6. The van der Waals surface area contributed by atoms with Crippen LogP contribution in [0.1, 0.15) is 5.76 Å². The summed E-state index contributed by atoms with van der Waals surface area (Å²) in [6.07, 6.45) is 3.33. The number of aliphatic hydroxyl groups excluding tert-OH is 1. The van der Waals surface area contributed by atoms with Gasteiger partial charge in [-0.25, -0.2) is 0 Å². The van der Waals surface area contributed by atoms with Crippen molar-refractivity contribution in [3.63, 3.8) is 0 Å². The average molecular weight is 214 g/mol. The molecule has 3 rings (SSSR count). The first-order valence-electron chi connectivity index (χ1n) is 5.03. The van der Waals surface area contributed by atoms with Gasteiger partial charge in [0, 0.05) is 16.5 Å². The van der Waals surface area contributed by atoms with Gasteiger partial charge >= 0.3 is 0 Å². The van der Waals surface area contributed by atoms with Crippen molar-refractivity contribution >= 4 is 11.0 Å². The lowest BCUT2D eigenvalue weighted by Gasteiger charge is -1.91. The van der Waals surface area contributed by atoms with Crippen molar-refractivity contribution in [2.45, 2.75) is 6.61 Å². The van der Waals surface area contributed by atoms with Crippen LogP contribution in [0, 0.1) is 0 Å². The van der Waals surface area contributed by atoms with Crippen molar-refractivity contribution in [1.29, 1.82) is 0 Å². The van der Waals surface area contributed by atoms with Crippen LogP contribution in [-0.4, -0.2) is 5.11 Å². The largest absolute Gasteiger partial charge is 0.466 e. The molecule has 0 aliphatic rings. The number of para-hydroxylation sites is 1. The van der Waals surface area contributed by atoms with E-state index in [1.165, 1.54) is 0 Å². The van der Waals surface area contributed by atoms with Gasteiger partial charge in [0.25, 0.3) is 0 Å². The molecular formula is C13H10O3. The van der Waals surface area contributed by atoms with Gasteiger partial charge in [-0.2, -0.15) is 0 Å². The van der Waals surface area contributed by atoms with Gasteiger partial charge < -0.3 is 13.9 Å². The zero-order valence-electron chi connectivity index (χ0n) is 8.51. The summed E-state index contributed by atoms with van der Waals surface area (Å²) in [6.45, 7) is -0.0875. The highest BCUT2D eigenvalue weighted by atomic mass is 16.4. The molecule has 3 aromatic rings. The first kappa shape index (κ1) is 9.24. The third kappa shape index (κ3) is 1.33. The maximum atomic E-state index is 8.94. The summed E-state index contributed by atoms with van der Waals surface area (Å²) in [7, 11) is 0. The van der Waals surface area contributed by atoms with Crippen LogP contribution < -0.4 is 0 Å². The van der Waals surface area contributed by atoms with E-state index in [1.54, 1.807) is 12.5 Å². The fraction of sp³-hybridized carbons (Fsp3) is 0.0769. The number of rotatable bonds is 2. The minimum Gasteiger partial charge on any atom is -0.466 e. The average Bonchev–Trinajstić information content (AvgIpc) is 2.94. The summed E-state index contributed by atoms with van der Waals surface area (Å²) >= 11 is 0. The summed E-state index contributed by atoms with van der Waals surface area (Å²) in [5.41, 5.74) is 2.76. The first-order valence-corrected chi connectivity index (χ1v) is 5.03. The summed E-state index contributed by atoms with van der Waals surface area (Å²) in [5, 5.41) is 9.99. The van der Waals surface area contributed by atoms with E-state index >= 15 is 0 Å². The van der Waals surface area contributed by atoms with Gasteiger partial charge in [-0.1, -0.05) is 18.2 Å². The predicted octanol–water partition coefficient (Wildman–Crippen LogP) is 3.19. The third-order valence-corrected chi connectivity index (χ3v) is 2.60. The van der Waals surface area contributed by atoms with Crippen molar-refractivity contribution in [3.8, 4) is 11.1 Å². The lowest BCUT2D eigenvalue weighted by atomic mass is 10.1. The van der Waals surface area contributed by atoms with Crippen molar-refractivity contribution in [1.82, 2.24) is 0 Å². The molecule has 0 amide bonds. The molecule has 1 aromatic carbocycles. The van der Waals surface area contributed by atoms with Gasteiger partial charge in [-0.3, -0.25) is 0 Å². The zero-order chi connectivity index (χ0) is 11.0. The molecule has 0 atom stereocenters. The van der Waals surface area contributed by atoms with E-state index in [1.807, 2.05) is 30.3 Å². The highest BCUT2D eigenvalue weighted by Gasteiger charge is 2.09. The van der Waals surface area contributed by atoms with Gasteiger partial charge in [0.1, 0.15) is 18.0 Å². The molecule has 0 aliphatic carbocycles. The van der Waals surface area contributed by atoms with Gasteiger partial charge in [0.2, 0.25) is 0 Å². The Kier molecular flexibility index (Phi) is 2.04. The highest BCUT2D eigenvalue weighted by molar-refractivity contribution is 5.93. The normalized spacial score (nSPS) is 11.1. The van der Waals surface area contributed by atoms with E-state index in [0.717, 1.165) is 22.1 Å². The van der Waals surface area contributed by atoms with Crippen LogP contribution >= 0.6 is 0 Å². The number of benzene rings is 1. The molecule has 0 saturated carbocycles. The Labute approximate surface area is 91.9 Å². The topological polar surface area (TPSA) is 46.5 Å². The molecule has 0 bridgehead atoms. The second kappa shape index (κ2) is 3.54. The maximum Gasteiger partial charge on any atom is 0.134 e. The second-order valence-electron chi connectivity index (χ2n) is 3.61. The van der Waals surface area contributed by atoms with E-state index in [-0.39, 0.29) is 6.61 Å². The molecule has 2 heterocycles. The summed E-state index contributed by atoms with van der Waals surface area (Å²) in [6, 6.07) is 9.64. The van der Waals surface area contributed by atoms with E-state index in [0.29, 0.717) is 5.76 Å². The Balaban J connectivity index is 2.18. The molecule has 2 aromatic heterocycles. The molecular weight excluding hydrogens is 204 g/mol. The van der Waals surface area contributed by atoms with Gasteiger partial charge in [0.05, 0.1) is 12.5 Å². The first-order chi connectivity index (χ1) is 7.88. The van der Waals surface area contributed by atoms with Crippen molar-refractivity contribution in [2.75, 3.05) is 0 Å². The van der Waals surface area contributed by atoms with E-state index in [2.05, 4.69) is 0 Å². The molecule has 0 saturated heterocycles. The van der Waals surface area contributed by atoms with Crippen LogP contribution in [0.15, 0.2) is 51.7 Å². The number of hydrogen-bond acceptors (Lipinski definition) is 3. The monoisotopic (exact) mass is 214 g/mol. The zero-order valence-corrected chi connectivity index (χ0v) is 8.51. The second-order valence-corrected chi connectivity index (χ2v) is 3.61. The molecule has 3 heteroatoms. The Hall–Kier alpha value is -2.00. The van der Waals surface area contributed by atoms with Crippen LogP contribution in [0.3, 0.4) is 0 Å². The van der Waals surface area contributed by atoms with E-state index in [9.17, 15) is 0 Å². The number of furan rings is 2. The molecule has 0 unspecified atom stereocenters. The lowest BCUT2D eigenvalue weighted by molar-refractivity contribution is 0.247. The predicted molar refractivity (Wildman–Crippen MR) is 59.8 cm³/mol. The van der Waals surface area contributed by atoms with Gasteiger partial charge in [-0.15, -0.1) is 0 Å². The number of fused-ring (bicyclic) bond motifs is 1. The molecule has 0 radical (unpaired) electrons. The number of aliphatic hydroxyl groups is 1. The fourth-order valence-electron chi connectivity index (χ4n) is 1.81. The van der Waals surface area contributed by atoms with Gasteiger partial charge in [0.15, 0.2) is 0 Å². The van der Waals surface area contributed by atoms with E-state index in [4.69, 9.17) is 13.9 Å². The SMILES string of the molecule is OCc1cc(-c2coc3ccccc23)co1. The summed E-state index contributed by atoms with van der Waals surface area (Å²) in [4.78, 5) is 0. The molecule has 1 N–H and O–H groups in total. The molecule has 3 nitrogen and oxygen atoms in total. The Morgan fingerprint density at radius 3 is 2.75 bits per heavy atom. The van der Waals surface area contributed by atoms with Crippen molar-refractivity contribution in [2.24, 2.45) is 0 Å². The maximum absolute atomic E-state index is 8.94. The van der Waals surface area contributed by atoms with E-state index < -0.39 is 0 Å². The Bertz CT molecular complexity index is 619. The van der Waals surface area contributed by atoms with Crippen LogP contribution in [0.4, 0.5) is 0 Å². The van der Waals surface area contributed by atoms with Crippen molar-refractivity contribution < 1.29 is 13.9 Å². The molecule has 80 valence electrons. The molecule has 0 aliphatic heterocycles. The van der Waals surface area contributed by atoms with Crippen LogP contribution in [0.2, 0.25) is 0 Å². The lowest BCUT2D eigenvalue weighted by Crippen LogP contribution is -1.74. The molecule has 16 heavy (non-hydrogen) atoms. The Morgan fingerprint density at radius 2 is 1.94 bits per heavy atom. The highest BCUT2D eigenvalue weighted by Crippen LogP contribution is 2.31. The third-order valence-electron chi connectivity index (χ3n) is 2.60. The minimum atomic E-state index is -0.0875. The van der Waals surface area contributed by atoms with Gasteiger partial charge in [-0.05, 0) is 12.1 Å².